The van der Waals surface area contributed by atoms with E-state index >= 15 is 0 Å². The second-order valence-corrected chi connectivity index (χ2v) is 9.84. The van der Waals surface area contributed by atoms with E-state index in [1.165, 1.54) is 0 Å². The number of benzene rings is 2. The molecule has 0 aromatic heterocycles. The van der Waals surface area contributed by atoms with Gasteiger partial charge in [0.25, 0.3) is 0 Å². The van der Waals surface area contributed by atoms with Crippen LogP contribution in [0.25, 0.3) is 0 Å². The van der Waals surface area contributed by atoms with Crippen molar-refractivity contribution in [3.8, 4) is 0 Å². The molecular formula is C28H37N7O5. The molecule has 0 spiro atoms. The summed E-state index contributed by atoms with van der Waals surface area (Å²) in [6.45, 7) is 0.926. The normalized spacial score (nSPS) is 20.3. The van der Waals surface area contributed by atoms with Crippen molar-refractivity contribution in [2.45, 2.75) is 37.4 Å². The van der Waals surface area contributed by atoms with Gasteiger partial charge in [0.05, 0.1) is 12.6 Å². The van der Waals surface area contributed by atoms with Crippen LogP contribution in [0.1, 0.15) is 27.9 Å². The highest BCUT2D eigenvalue weighted by Gasteiger charge is 2.26. The minimum absolute atomic E-state index is 0.185. The summed E-state index contributed by atoms with van der Waals surface area (Å²) in [6, 6.07) is 13.1. The molecule has 3 atom stereocenters. The van der Waals surface area contributed by atoms with E-state index in [2.05, 4.69) is 21.3 Å². The monoisotopic (exact) mass is 551 g/mol. The summed E-state index contributed by atoms with van der Waals surface area (Å²) in [5, 5.41) is 10.8. The maximum atomic E-state index is 13.0. The summed E-state index contributed by atoms with van der Waals surface area (Å²) in [7, 11) is 1.85. The van der Waals surface area contributed by atoms with Gasteiger partial charge in [-0.3, -0.25) is 24.0 Å². The average molecular weight is 552 g/mol. The molecule has 3 rings (SSSR count). The van der Waals surface area contributed by atoms with Crippen LogP contribution in [0.5, 0.6) is 0 Å². The van der Waals surface area contributed by atoms with E-state index in [4.69, 9.17) is 11.5 Å². The summed E-state index contributed by atoms with van der Waals surface area (Å²) in [5.74, 6) is -2.45. The molecule has 1 unspecified atom stereocenters. The van der Waals surface area contributed by atoms with Crippen LogP contribution < -0.4 is 32.7 Å². The van der Waals surface area contributed by atoms with Gasteiger partial charge in [0.15, 0.2) is 0 Å². The smallest absolute Gasteiger partial charge is 0.248 e. The molecule has 0 aliphatic carbocycles. The Labute approximate surface area is 233 Å². The maximum Gasteiger partial charge on any atom is 0.248 e. The van der Waals surface area contributed by atoms with Crippen molar-refractivity contribution in [2.24, 2.45) is 11.5 Å². The molecule has 12 heteroatoms. The van der Waals surface area contributed by atoms with Crippen LogP contribution in [0.15, 0.2) is 54.6 Å². The molecule has 8 N–H and O–H groups in total. The Morgan fingerprint density at radius 1 is 0.975 bits per heavy atom. The van der Waals surface area contributed by atoms with Crippen LogP contribution in [0, 0.1) is 0 Å². The molecule has 1 saturated heterocycles. The van der Waals surface area contributed by atoms with Gasteiger partial charge in [-0.1, -0.05) is 42.5 Å². The van der Waals surface area contributed by atoms with Gasteiger partial charge in [0, 0.05) is 31.6 Å². The Balaban J connectivity index is 1.64. The lowest BCUT2D eigenvalue weighted by atomic mass is 10.0. The summed E-state index contributed by atoms with van der Waals surface area (Å²) in [5.41, 5.74) is 13.3. The van der Waals surface area contributed by atoms with E-state index in [-0.39, 0.29) is 25.3 Å². The molecule has 0 bridgehead atoms. The number of nitrogens with two attached hydrogens (primary N) is 2. The third-order valence-corrected chi connectivity index (χ3v) is 6.61. The molecule has 1 fully saturated rings. The third kappa shape index (κ3) is 9.47. The second-order valence-electron chi connectivity index (χ2n) is 9.84. The summed E-state index contributed by atoms with van der Waals surface area (Å²) in [6.07, 6.45) is 0.744. The number of carbonyl (C=O) groups excluding carboxylic acids is 5. The van der Waals surface area contributed by atoms with Crippen molar-refractivity contribution in [3.05, 3.63) is 71.3 Å². The zero-order valence-corrected chi connectivity index (χ0v) is 22.5. The fraction of sp³-hybridized carbons (Fsp3) is 0.393. The molecule has 214 valence electrons. The first-order valence-electron chi connectivity index (χ1n) is 13.1. The fourth-order valence-electron chi connectivity index (χ4n) is 4.25. The Bertz CT molecular complexity index is 1190. The van der Waals surface area contributed by atoms with Gasteiger partial charge in [0.2, 0.25) is 29.5 Å². The zero-order chi connectivity index (χ0) is 29.1. The number of carbonyl (C=O) groups is 5. The lowest BCUT2D eigenvalue weighted by Crippen LogP contribution is -2.56. The van der Waals surface area contributed by atoms with Gasteiger partial charge >= 0.3 is 0 Å². The fourth-order valence-corrected chi connectivity index (χ4v) is 4.25. The van der Waals surface area contributed by atoms with Crippen LogP contribution in [0.4, 0.5) is 0 Å². The van der Waals surface area contributed by atoms with Crippen molar-refractivity contribution in [2.75, 3.05) is 33.2 Å². The third-order valence-electron chi connectivity index (χ3n) is 6.61. The van der Waals surface area contributed by atoms with Crippen molar-refractivity contribution in [1.29, 1.82) is 0 Å². The Hall–Kier alpha value is -4.29. The Kier molecular flexibility index (Phi) is 11.2. The first kappa shape index (κ1) is 30.3. The van der Waals surface area contributed by atoms with Gasteiger partial charge in [-0.2, -0.15) is 0 Å². The van der Waals surface area contributed by atoms with Gasteiger partial charge in [-0.15, -0.1) is 0 Å². The van der Waals surface area contributed by atoms with E-state index < -0.39 is 41.8 Å². The van der Waals surface area contributed by atoms with Crippen molar-refractivity contribution < 1.29 is 24.0 Å². The second kappa shape index (κ2) is 14.8. The highest BCUT2D eigenvalue weighted by atomic mass is 16.2. The highest BCUT2D eigenvalue weighted by Crippen LogP contribution is 2.07. The van der Waals surface area contributed by atoms with Gasteiger partial charge in [-0.05, 0) is 43.1 Å². The first-order chi connectivity index (χ1) is 19.1. The number of rotatable bonds is 7. The summed E-state index contributed by atoms with van der Waals surface area (Å²) in [4.78, 5) is 64.5. The molecule has 0 saturated carbocycles. The Morgan fingerprint density at radius 2 is 1.68 bits per heavy atom. The van der Waals surface area contributed by atoms with E-state index in [0.717, 1.165) is 11.1 Å². The lowest BCUT2D eigenvalue weighted by molar-refractivity contribution is -0.132. The minimum atomic E-state index is -0.949. The van der Waals surface area contributed by atoms with E-state index in [1.807, 2.05) is 42.3 Å². The van der Waals surface area contributed by atoms with Gasteiger partial charge in [0.1, 0.15) is 12.1 Å². The molecule has 1 aliphatic rings. The quantitative estimate of drug-likeness (QED) is 0.240. The van der Waals surface area contributed by atoms with Crippen LogP contribution in [0.2, 0.25) is 0 Å². The largest absolute Gasteiger partial charge is 0.366 e. The number of nitrogens with zero attached hydrogens (tertiary/aromatic N) is 1. The molecule has 2 aromatic rings. The predicted octanol–water partition coefficient (Wildman–Crippen LogP) is -1.56. The van der Waals surface area contributed by atoms with Gasteiger partial charge < -0.3 is 37.6 Å². The topological polar surface area (TPSA) is 189 Å². The lowest BCUT2D eigenvalue weighted by Gasteiger charge is -2.25. The first-order valence-corrected chi connectivity index (χ1v) is 13.1. The van der Waals surface area contributed by atoms with Crippen molar-refractivity contribution in [1.82, 2.24) is 26.2 Å². The molecule has 5 amide bonds. The number of likely N-dealkylation sites (N-methyl/N-ethyl adjacent to an activating group) is 1. The van der Waals surface area contributed by atoms with E-state index in [0.29, 0.717) is 31.6 Å². The molecular weight excluding hydrogens is 514 g/mol. The SMILES string of the molecule is CN1CCNC(=O)[C@H](Cc2ccccc2)NC(=O)CNC(=O)[C@H](NC(=O)C(N)Cc2ccc(C(N)=O)cc2)CC1. The average Bonchev–Trinajstić information content (AvgIpc) is 2.93. The van der Waals surface area contributed by atoms with E-state index in [9.17, 15) is 24.0 Å². The molecule has 12 nitrogen and oxygen atoms in total. The molecule has 2 aromatic carbocycles. The van der Waals surface area contributed by atoms with Crippen molar-refractivity contribution in [3.63, 3.8) is 0 Å². The van der Waals surface area contributed by atoms with Gasteiger partial charge in [-0.25, -0.2) is 0 Å². The number of hydrogen-bond donors (Lipinski definition) is 6. The molecule has 40 heavy (non-hydrogen) atoms. The van der Waals surface area contributed by atoms with Crippen LogP contribution in [-0.2, 0) is 32.0 Å². The predicted molar refractivity (Wildman–Crippen MR) is 149 cm³/mol. The number of nitrogens with one attached hydrogen (secondary N) is 4. The Morgan fingerprint density at radius 3 is 2.35 bits per heavy atom. The highest BCUT2D eigenvalue weighted by molar-refractivity contribution is 5.94. The minimum Gasteiger partial charge on any atom is -0.366 e. The standard InChI is InChI=1S/C28H37N7O5/c1-35-13-11-22(34-26(38)21(29)15-19-7-9-20(10-8-19)25(30)37)27(39)32-17-24(36)33-23(28(40)31-12-14-35)16-18-5-3-2-4-6-18/h2-10,21-23H,11-17,29H2,1H3,(H2,30,37)(H,31,40)(H,32,39)(H,33,36)(H,34,38)/t21?,22-,23+/m1/s1. The molecule has 1 aliphatic heterocycles. The summed E-state index contributed by atoms with van der Waals surface area (Å²) >= 11 is 0. The number of primary amides is 1. The molecule has 1 heterocycles. The number of amides is 5. The summed E-state index contributed by atoms with van der Waals surface area (Å²) < 4.78 is 0. The maximum absolute atomic E-state index is 13.0. The number of hydrogen-bond acceptors (Lipinski definition) is 7. The van der Waals surface area contributed by atoms with Crippen LogP contribution >= 0.6 is 0 Å². The zero-order valence-electron chi connectivity index (χ0n) is 22.5. The van der Waals surface area contributed by atoms with Crippen molar-refractivity contribution >= 4 is 29.5 Å². The van der Waals surface area contributed by atoms with Crippen LogP contribution in [0.3, 0.4) is 0 Å². The molecule has 0 radical (unpaired) electrons. The van der Waals surface area contributed by atoms with E-state index in [1.54, 1.807) is 24.3 Å². The van der Waals surface area contributed by atoms with Crippen LogP contribution in [-0.4, -0.2) is 85.8 Å².